The van der Waals surface area contributed by atoms with E-state index in [1.54, 1.807) is 0 Å². The van der Waals surface area contributed by atoms with Crippen LogP contribution < -0.4 is 5.32 Å². The summed E-state index contributed by atoms with van der Waals surface area (Å²) < 4.78 is 5.95. The Balaban J connectivity index is 3.30. The molecule has 1 aromatic heterocycles. The van der Waals surface area contributed by atoms with Gasteiger partial charge in [0.15, 0.2) is 5.82 Å². The van der Waals surface area contributed by atoms with E-state index in [-0.39, 0.29) is 5.60 Å². The minimum absolute atomic E-state index is 0.385. The predicted molar refractivity (Wildman–Crippen MR) is 87.7 cm³/mol. The molecule has 4 nitrogen and oxygen atoms in total. The van der Waals surface area contributed by atoms with E-state index in [9.17, 15) is 0 Å². The number of aromatic nitrogens is 2. The van der Waals surface area contributed by atoms with Crippen molar-refractivity contribution in [2.75, 3.05) is 20.2 Å². The highest BCUT2D eigenvalue weighted by Gasteiger charge is 2.30. The van der Waals surface area contributed by atoms with E-state index < -0.39 is 0 Å². The van der Waals surface area contributed by atoms with Crippen LogP contribution in [0, 0.1) is 0 Å². The summed E-state index contributed by atoms with van der Waals surface area (Å²) in [4.78, 5) is 9.70. The zero-order valence-electron chi connectivity index (χ0n) is 14.5. The van der Waals surface area contributed by atoms with Crippen LogP contribution in [0.15, 0.2) is 0 Å². The van der Waals surface area contributed by atoms with Gasteiger partial charge in [-0.3, -0.25) is 0 Å². The van der Waals surface area contributed by atoms with Gasteiger partial charge in [0.25, 0.3) is 0 Å². The predicted octanol–water partition coefficient (Wildman–Crippen LogP) is 3.03. The molecule has 0 spiro atoms. The molecule has 0 aliphatic rings. The Morgan fingerprint density at radius 3 is 2.00 bits per heavy atom. The van der Waals surface area contributed by atoms with Crippen LogP contribution in [-0.2, 0) is 29.6 Å². The van der Waals surface area contributed by atoms with Gasteiger partial charge < -0.3 is 10.1 Å². The van der Waals surface area contributed by atoms with E-state index in [1.165, 1.54) is 17.0 Å². The normalized spacial score (nSPS) is 14.2. The van der Waals surface area contributed by atoms with E-state index in [4.69, 9.17) is 14.7 Å². The molecule has 0 aromatic carbocycles. The number of aryl methyl sites for hydroxylation is 2. The zero-order valence-corrected chi connectivity index (χ0v) is 14.5. The SMILES string of the molecule is CCOC(C)(CC)c1nc(CC)c(CCNC)c(CC)n1. The summed E-state index contributed by atoms with van der Waals surface area (Å²) in [5.41, 5.74) is 3.27. The smallest absolute Gasteiger partial charge is 0.160 e. The third-order valence-corrected chi connectivity index (χ3v) is 4.08. The summed E-state index contributed by atoms with van der Waals surface area (Å²) in [5, 5.41) is 3.21. The highest BCUT2D eigenvalue weighted by atomic mass is 16.5. The van der Waals surface area contributed by atoms with Crippen LogP contribution in [0.4, 0.5) is 0 Å². The monoisotopic (exact) mass is 293 g/mol. The van der Waals surface area contributed by atoms with Crippen LogP contribution >= 0.6 is 0 Å². The third-order valence-electron chi connectivity index (χ3n) is 4.08. The molecular formula is C17H31N3O. The van der Waals surface area contributed by atoms with E-state index >= 15 is 0 Å². The van der Waals surface area contributed by atoms with Crippen molar-refractivity contribution in [3.05, 3.63) is 22.8 Å². The van der Waals surface area contributed by atoms with Crippen molar-refractivity contribution in [3.8, 4) is 0 Å². The molecule has 1 aromatic rings. The Morgan fingerprint density at radius 2 is 1.62 bits per heavy atom. The van der Waals surface area contributed by atoms with Crippen molar-refractivity contribution in [3.63, 3.8) is 0 Å². The van der Waals surface area contributed by atoms with Gasteiger partial charge in [0.1, 0.15) is 5.60 Å². The molecular weight excluding hydrogens is 262 g/mol. The first kappa shape index (κ1) is 18.1. The van der Waals surface area contributed by atoms with E-state index in [0.29, 0.717) is 6.61 Å². The molecule has 0 saturated carbocycles. The van der Waals surface area contributed by atoms with Crippen molar-refractivity contribution >= 4 is 0 Å². The molecule has 1 heterocycles. The standard InChI is InChI=1S/C17H31N3O/c1-7-14-13(11-12-18-6)15(8-2)20-16(19-14)17(5,9-3)21-10-4/h18H,7-12H2,1-6H3. The maximum Gasteiger partial charge on any atom is 0.160 e. The maximum atomic E-state index is 5.95. The highest BCUT2D eigenvalue weighted by molar-refractivity contribution is 5.28. The van der Waals surface area contributed by atoms with Gasteiger partial charge in [0.2, 0.25) is 0 Å². The van der Waals surface area contributed by atoms with Crippen molar-refractivity contribution < 1.29 is 4.74 Å². The van der Waals surface area contributed by atoms with Gasteiger partial charge in [-0.25, -0.2) is 9.97 Å². The van der Waals surface area contributed by atoms with Crippen LogP contribution in [0.5, 0.6) is 0 Å². The van der Waals surface area contributed by atoms with Crippen molar-refractivity contribution in [2.24, 2.45) is 0 Å². The lowest BCUT2D eigenvalue weighted by Crippen LogP contribution is -2.29. The lowest BCUT2D eigenvalue weighted by atomic mass is 9.99. The van der Waals surface area contributed by atoms with Gasteiger partial charge in [-0.15, -0.1) is 0 Å². The second-order valence-electron chi connectivity index (χ2n) is 5.50. The first-order valence-electron chi connectivity index (χ1n) is 8.23. The second-order valence-corrected chi connectivity index (χ2v) is 5.50. The molecule has 0 aliphatic heterocycles. The number of hydrogen-bond donors (Lipinski definition) is 1. The van der Waals surface area contributed by atoms with Gasteiger partial charge >= 0.3 is 0 Å². The Morgan fingerprint density at radius 1 is 1.05 bits per heavy atom. The van der Waals surface area contributed by atoms with E-state index in [2.05, 4.69) is 33.0 Å². The summed E-state index contributed by atoms with van der Waals surface area (Å²) in [6.45, 7) is 12.2. The van der Waals surface area contributed by atoms with Gasteiger partial charge in [-0.05, 0) is 58.7 Å². The van der Waals surface area contributed by atoms with Crippen molar-refractivity contribution in [1.82, 2.24) is 15.3 Å². The largest absolute Gasteiger partial charge is 0.368 e. The molecule has 0 amide bonds. The first-order chi connectivity index (χ1) is 10.1. The quantitative estimate of drug-likeness (QED) is 0.760. The number of hydrogen-bond acceptors (Lipinski definition) is 4. The lowest BCUT2D eigenvalue weighted by Gasteiger charge is -2.28. The number of nitrogens with one attached hydrogen (secondary N) is 1. The summed E-state index contributed by atoms with van der Waals surface area (Å²) in [6.07, 6.45) is 3.74. The fourth-order valence-corrected chi connectivity index (χ4v) is 2.59. The Kier molecular flexibility index (Phi) is 7.26. The molecule has 120 valence electrons. The van der Waals surface area contributed by atoms with Crippen LogP contribution in [0.25, 0.3) is 0 Å². The summed E-state index contributed by atoms with van der Waals surface area (Å²) in [6, 6.07) is 0. The molecule has 21 heavy (non-hydrogen) atoms. The first-order valence-corrected chi connectivity index (χ1v) is 8.23. The minimum Gasteiger partial charge on any atom is -0.368 e. The molecule has 0 radical (unpaired) electrons. The molecule has 4 heteroatoms. The van der Waals surface area contributed by atoms with E-state index in [0.717, 1.165) is 38.1 Å². The summed E-state index contributed by atoms with van der Waals surface area (Å²) >= 11 is 0. The number of ether oxygens (including phenoxy) is 1. The molecule has 1 rings (SSSR count). The van der Waals surface area contributed by atoms with Crippen LogP contribution in [0.2, 0.25) is 0 Å². The average molecular weight is 293 g/mol. The molecule has 0 fully saturated rings. The van der Waals surface area contributed by atoms with Gasteiger partial charge in [-0.2, -0.15) is 0 Å². The Labute approximate surface area is 129 Å². The van der Waals surface area contributed by atoms with Crippen molar-refractivity contribution in [1.29, 1.82) is 0 Å². The zero-order chi connectivity index (χ0) is 15.9. The molecule has 1 atom stereocenters. The van der Waals surface area contributed by atoms with Gasteiger partial charge in [0, 0.05) is 18.0 Å². The fourth-order valence-electron chi connectivity index (χ4n) is 2.59. The van der Waals surface area contributed by atoms with Crippen LogP contribution in [0.3, 0.4) is 0 Å². The Bertz CT molecular complexity index is 423. The summed E-state index contributed by atoms with van der Waals surface area (Å²) in [5.74, 6) is 0.841. The maximum absolute atomic E-state index is 5.95. The lowest BCUT2D eigenvalue weighted by molar-refractivity contribution is -0.0393. The highest BCUT2D eigenvalue weighted by Crippen LogP contribution is 2.28. The fraction of sp³-hybridized carbons (Fsp3) is 0.765. The average Bonchev–Trinajstić information content (AvgIpc) is 2.51. The second kappa shape index (κ2) is 8.44. The van der Waals surface area contributed by atoms with Crippen molar-refractivity contribution in [2.45, 2.75) is 65.9 Å². The van der Waals surface area contributed by atoms with Crippen LogP contribution in [0.1, 0.15) is 63.8 Å². The van der Waals surface area contributed by atoms with Crippen LogP contribution in [-0.4, -0.2) is 30.2 Å². The molecule has 0 bridgehead atoms. The molecule has 1 unspecified atom stereocenters. The van der Waals surface area contributed by atoms with Gasteiger partial charge in [-0.1, -0.05) is 20.8 Å². The van der Waals surface area contributed by atoms with Gasteiger partial charge in [0.05, 0.1) is 0 Å². The molecule has 0 saturated heterocycles. The number of likely N-dealkylation sites (N-methyl/N-ethyl adjacent to an activating group) is 1. The molecule has 0 aliphatic carbocycles. The Hall–Kier alpha value is -1.00. The van der Waals surface area contributed by atoms with E-state index in [1.807, 2.05) is 14.0 Å². The minimum atomic E-state index is -0.385. The summed E-state index contributed by atoms with van der Waals surface area (Å²) in [7, 11) is 1.98. The number of nitrogens with zero attached hydrogens (tertiary/aromatic N) is 2. The molecule has 1 N–H and O–H groups in total. The third kappa shape index (κ3) is 4.24. The number of rotatable bonds is 9. The topological polar surface area (TPSA) is 47.0 Å².